The van der Waals surface area contributed by atoms with Gasteiger partial charge in [-0.15, -0.1) is 0 Å². The fourth-order valence-electron chi connectivity index (χ4n) is 7.90. The Hall–Kier alpha value is -7.16. The summed E-state index contributed by atoms with van der Waals surface area (Å²) >= 11 is 0. The molecule has 9 aromatic carbocycles. The van der Waals surface area contributed by atoms with Gasteiger partial charge >= 0.3 is 0 Å². The molecule has 0 aliphatic carbocycles. The van der Waals surface area contributed by atoms with Crippen LogP contribution in [-0.2, 0) is 0 Å². The fourth-order valence-corrected chi connectivity index (χ4v) is 7.90. The molecule has 10 rings (SSSR count). The molecular formula is C52H35NO. The number of anilines is 3. The summed E-state index contributed by atoms with van der Waals surface area (Å²) in [7, 11) is 0. The van der Waals surface area contributed by atoms with E-state index >= 15 is 0 Å². The summed E-state index contributed by atoms with van der Waals surface area (Å²) in [5.41, 5.74) is 14.5. The standard InChI is InChI=1S/C52H35NO/c1-2-13-36(14-3-1)37-31-33-42(34-32-37)53(49-24-8-6-20-46(49)47-23-12-26-51-52(47)48-21-7-9-25-50(48)54-51)43-18-10-17-41(35-43)38-27-29-40(30-28-38)45-22-11-16-39-15-4-5-19-44(39)45/h1-35H. The summed E-state index contributed by atoms with van der Waals surface area (Å²) in [5.74, 6) is 0. The van der Waals surface area contributed by atoms with Crippen LogP contribution in [0.5, 0.6) is 0 Å². The molecule has 0 atom stereocenters. The zero-order valence-corrected chi connectivity index (χ0v) is 29.6. The van der Waals surface area contributed by atoms with Gasteiger partial charge in [-0.1, -0.05) is 170 Å². The lowest BCUT2D eigenvalue weighted by Gasteiger charge is -2.28. The van der Waals surface area contributed by atoms with Gasteiger partial charge in [0.15, 0.2) is 0 Å². The van der Waals surface area contributed by atoms with Crippen molar-refractivity contribution < 1.29 is 4.42 Å². The van der Waals surface area contributed by atoms with E-state index in [9.17, 15) is 0 Å². The van der Waals surface area contributed by atoms with Gasteiger partial charge in [0.05, 0.1) is 5.69 Å². The summed E-state index contributed by atoms with van der Waals surface area (Å²) in [6, 6.07) is 75.9. The van der Waals surface area contributed by atoms with Crippen molar-refractivity contribution in [3.8, 4) is 44.5 Å². The number of hydrogen-bond donors (Lipinski definition) is 0. The van der Waals surface area contributed by atoms with Crippen LogP contribution in [0.4, 0.5) is 17.1 Å². The topological polar surface area (TPSA) is 16.4 Å². The fraction of sp³-hybridized carbons (Fsp3) is 0. The minimum absolute atomic E-state index is 0.885. The van der Waals surface area contributed by atoms with Crippen LogP contribution in [0.2, 0.25) is 0 Å². The average Bonchev–Trinajstić information content (AvgIpc) is 3.64. The lowest BCUT2D eigenvalue weighted by molar-refractivity contribution is 0.669. The van der Waals surface area contributed by atoms with E-state index in [1.165, 1.54) is 38.6 Å². The predicted octanol–water partition coefficient (Wildman–Crippen LogP) is 14.9. The summed E-state index contributed by atoms with van der Waals surface area (Å²) in [6.07, 6.45) is 0. The van der Waals surface area contributed by atoms with Crippen LogP contribution in [0, 0.1) is 0 Å². The molecule has 1 heterocycles. The molecule has 2 heteroatoms. The van der Waals surface area contributed by atoms with E-state index < -0.39 is 0 Å². The zero-order valence-electron chi connectivity index (χ0n) is 29.6. The molecule has 0 unspecified atom stereocenters. The van der Waals surface area contributed by atoms with Crippen LogP contribution in [0.1, 0.15) is 0 Å². The van der Waals surface area contributed by atoms with Crippen molar-refractivity contribution in [2.75, 3.05) is 4.90 Å². The molecule has 1 aromatic heterocycles. The van der Waals surface area contributed by atoms with Crippen LogP contribution < -0.4 is 4.90 Å². The van der Waals surface area contributed by atoms with Crippen molar-refractivity contribution in [3.63, 3.8) is 0 Å². The van der Waals surface area contributed by atoms with Gasteiger partial charge in [0.2, 0.25) is 0 Å². The van der Waals surface area contributed by atoms with Crippen LogP contribution in [0.25, 0.3) is 77.2 Å². The highest BCUT2D eigenvalue weighted by Crippen LogP contribution is 2.45. The molecule has 0 aliphatic rings. The van der Waals surface area contributed by atoms with Gasteiger partial charge in [0.1, 0.15) is 11.2 Å². The summed E-state index contributed by atoms with van der Waals surface area (Å²) < 4.78 is 6.35. The van der Waals surface area contributed by atoms with Crippen molar-refractivity contribution in [2.24, 2.45) is 0 Å². The predicted molar refractivity (Wildman–Crippen MR) is 228 cm³/mol. The summed E-state index contributed by atoms with van der Waals surface area (Å²) in [6.45, 7) is 0. The molecule has 0 N–H and O–H groups in total. The van der Waals surface area contributed by atoms with E-state index in [0.29, 0.717) is 0 Å². The van der Waals surface area contributed by atoms with Gasteiger partial charge in [-0.05, 0) is 92.2 Å². The Morgan fingerprint density at radius 2 is 0.870 bits per heavy atom. The first-order valence-electron chi connectivity index (χ1n) is 18.4. The van der Waals surface area contributed by atoms with Crippen molar-refractivity contribution in [1.29, 1.82) is 0 Å². The molecule has 0 aliphatic heterocycles. The van der Waals surface area contributed by atoms with Crippen molar-refractivity contribution in [1.82, 2.24) is 0 Å². The van der Waals surface area contributed by atoms with E-state index in [1.807, 2.05) is 12.1 Å². The third kappa shape index (κ3) is 5.62. The number of fused-ring (bicyclic) bond motifs is 4. The van der Waals surface area contributed by atoms with Crippen LogP contribution in [0.15, 0.2) is 217 Å². The number of hydrogen-bond acceptors (Lipinski definition) is 2. The van der Waals surface area contributed by atoms with Gasteiger partial charge in [-0.3, -0.25) is 0 Å². The van der Waals surface area contributed by atoms with Crippen LogP contribution in [0.3, 0.4) is 0 Å². The minimum atomic E-state index is 0.885. The molecule has 0 saturated carbocycles. The molecule has 0 fully saturated rings. The monoisotopic (exact) mass is 689 g/mol. The molecular weight excluding hydrogens is 655 g/mol. The first kappa shape index (κ1) is 31.6. The highest BCUT2D eigenvalue weighted by atomic mass is 16.3. The van der Waals surface area contributed by atoms with Crippen LogP contribution in [-0.4, -0.2) is 0 Å². The lowest BCUT2D eigenvalue weighted by atomic mass is 9.95. The molecule has 0 bridgehead atoms. The number of benzene rings is 9. The maximum Gasteiger partial charge on any atom is 0.136 e. The number of rotatable bonds is 7. The second kappa shape index (κ2) is 13.4. The largest absolute Gasteiger partial charge is 0.456 e. The molecule has 0 amide bonds. The summed E-state index contributed by atoms with van der Waals surface area (Å²) in [5, 5.41) is 4.76. The Kier molecular flexibility index (Phi) is 7.85. The Morgan fingerprint density at radius 1 is 0.315 bits per heavy atom. The van der Waals surface area contributed by atoms with Gasteiger partial charge < -0.3 is 9.32 Å². The molecule has 2 nitrogen and oxygen atoms in total. The molecule has 54 heavy (non-hydrogen) atoms. The van der Waals surface area contributed by atoms with Crippen molar-refractivity contribution in [3.05, 3.63) is 212 Å². The Balaban J connectivity index is 1.11. The van der Waals surface area contributed by atoms with Gasteiger partial charge in [0, 0.05) is 27.7 Å². The van der Waals surface area contributed by atoms with Gasteiger partial charge in [-0.2, -0.15) is 0 Å². The second-order valence-corrected chi connectivity index (χ2v) is 13.7. The SMILES string of the molecule is c1ccc(-c2ccc(N(c3cccc(-c4ccc(-c5cccc6ccccc56)cc4)c3)c3ccccc3-c3cccc4oc5ccccc5c34)cc2)cc1. The quantitative estimate of drug-likeness (QED) is 0.166. The Bertz CT molecular complexity index is 2920. The second-order valence-electron chi connectivity index (χ2n) is 13.7. The van der Waals surface area contributed by atoms with Gasteiger partial charge in [-0.25, -0.2) is 0 Å². The molecule has 10 aromatic rings. The Morgan fingerprint density at radius 3 is 1.74 bits per heavy atom. The van der Waals surface area contributed by atoms with E-state index in [-0.39, 0.29) is 0 Å². The third-order valence-corrected chi connectivity index (χ3v) is 10.5. The first-order valence-corrected chi connectivity index (χ1v) is 18.4. The van der Waals surface area contributed by atoms with Gasteiger partial charge in [0.25, 0.3) is 0 Å². The third-order valence-electron chi connectivity index (χ3n) is 10.5. The highest BCUT2D eigenvalue weighted by Gasteiger charge is 2.21. The van der Waals surface area contributed by atoms with Crippen LogP contribution >= 0.6 is 0 Å². The molecule has 0 radical (unpaired) electrons. The normalized spacial score (nSPS) is 11.3. The number of furan rings is 1. The van der Waals surface area contributed by atoms with E-state index in [1.54, 1.807) is 0 Å². The minimum Gasteiger partial charge on any atom is -0.456 e. The molecule has 254 valence electrons. The lowest BCUT2D eigenvalue weighted by Crippen LogP contribution is -2.11. The zero-order chi connectivity index (χ0) is 35.8. The highest BCUT2D eigenvalue weighted by molar-refractivity contribution is 6.14. The number of nitrogens with zero attached hydrogens (tertiary/aromatic N) is 1. The first-order chi connectivity index (χ1) is 26.8. The Labute approximate surface area is 314 Å². The van der Waals surface area contributed by atoms with Crippen molar-refractivity contribution >= 4 is 49.8 Å². The van der Waals surface area contributed by atoms with E-state index in [2.05, 4.69) is 205 Å². The number of para-hydroxylation sites is 2. The maximum atomic E-state index is 6.35. The molecule has 0 saturated heterocycles. The average molecular weight is 690 g/mol. The molecule has 0 spiro atoms. The smallest absolute Gasteiger partial charge is 0.136 e. The van der Waals surface area contributed by atoms with E-state index in [4.69, 9.17) is 4.42 Å². The van der Waals surface area contributed by atoms with E-state index in [0.717, 1.165) is 55.7 Å². The summed E-state index contributed by atoms with van der Waals surface area (Å²) in [4.78, 5) is 2.39. The maximum absolute atomic E-state index is 6.35. The van der Waals surface area contributed by atoms with Crippen molar-refractivity contribution in [2.45, 2.75) is 0 Å².